The van der Waals surface area contributed by atoms with Crippen LogP contribution in [0.1, 0.15) is 44.6 Å². The number of nitrogens with zero attached hydrogens (tertiary/aromatic N) is 1. The number of nitrogens with one attached hydrogen (secondary N) is 1. The van der Waals surface area contributed by atoms with Gasteiger partial charge in [0.2, 0.25) is 0 Å². The van der Waals surface area contributed by atoms with Gasteiger partial charge >= 0.3 is 0 Å². The first-order valence-corrected chi connectivity index (χ1v) is 7.94. The summed E-state index contributed by atoms with van der Waals surface area (Å²) in [6.45, 7) is 2.84. The highest BCUT2D eigenvalue weighted by molar-refractivity contribution is 9.10. The molecule has 0 amide bonds. The van der Waals surface area contributed by atoms with Crippen molar-refractivity contribution in [1.82, 2.24) is 0 Å². The van der Waals surface area contributed by atoms with Crippen molar-refractivity contribution < 1.29 is 4.39 Å². The monoisotopic (exact) mass is 341 g/mol. The van der Waals surface area contributed by atoms with Crippen LogP contribution in [0.4, 0.5) is 10.1 Å². The Kier molecular flexibility index (Phi) is 5.02. The molecule has 0 spiro atoms. The van der Waals surface area contributed by atoms with Crippen LogP contribution in [-0.4, -0.2) is 18.4 Å². The fourth-order valence-electron chi connectivity index (χ4n) is 2.99. The molecule has 1 aliphatic rings. The third-order valence-corrected chi connectivity index (χ3v) is 4.79. The maximum Gasteiger partial charge on any atom is 0.161 e. The number of halogens is 2. The summed E-state index contributed by atoms with van der Waals surface area (Å²) in [6, 6.07) is 3.88. The smallest absolute Gasteiger partial charge is 0.161 e. The van der Waals surface area contributed by atoms with E-state index in [4.69, 9.17) is 11.1 Å². The van der Waals surface area contributed by atoms with Gasteiger partial charge in [0, 0.05) is 18.2 Å². The quantitative estimate of drug-likeness (QED) is 0.641. The third-order valence-electron chi connectivity index (χ3n) is 4.02. The molecule has 0 heterocycles. The van der Waals surface area contributed by atoms with Crippen molar-refractivity contribution in [2.24, 2.45) is 5.73 Å². The van der Waals surface area contributed by atoms with Crippen molar-refractivity contribution in [2.45, 2.75) is 45.1 Å². The molecule has 1 aliphatic carbocycles. The molecule has 1 aromatic carbocycles. The first-order chi connectivity index (χ1) is 9.56. The van der Waals surface area contributed by atoms with Gasteiger partial charge in [-0.3, -0.25) is 5.41 Å². The van der Waals surface area contributed by atoms with Crippen LogP contribution < -0.4 is 10.6 Å². The van der Waals surface area contributed by atoms with Crippen molar-refractivity contribution in [3.8, 4) is 0 Å². The molecule has 5 heteroatoms. The Morgan fingerprint density at radius 2 is 2.05 bits per heavy atom. The molecule has 0 aliphatic heterocycles. The van der Waals surface area contributed by atoms with Crippen LogP contribution in [0.5, 0.6) is 0 Å². The lowest BCUT2D eigenvalue weighted by Crippen LogP contribution is -2.37. The number of hydrogen-bond donors (Lipinski definition) is 2. The fourth-order valence-corrected chi connectivity index (χ4v) is 3.54. The second-order valence-corrected chi connectivity index (χ2v) is 6.04. The van der Waals surface area contributed by atoms with Crippen LogP contribution in [0.3, 0.4) is 0 Å². The Labute approximate surface area is 128 Å². The molecule has 0 bridgehead atoms. The van der Waals surface area contributed by atoms with E-state index in [0.29, 0.717) is 17.3 Å². The van der Waals surface area contributed by atoms with Crippen LogP contribution >= 0.6 is 15.9 Å². The standard InChI is InChI=1S/C15H21BrFN3/c1-2-20(10-6-4-3-5-7-10)12-9-8-11(15(18)19)13(16)14(12)17/h8-10H,2-7H2,1H3,(H3,18,19). The minimum atomic E-state index is -0.315. The molecule has 1 aromatic rings. The Balaban J connectivity index is 2.34. The van der Waals surface area contributed by atoms with E-state index < -0.39 is 0 Å². The summed E-state index contributed by atoms with van der Waals surface area (Å²) in [5, 5.41) is 7.46. The highest BCUT2D eigenvalue weighted by Crippen LogP contribution is 2.33. The van der Waals surface area contributed by atoms with Gasteiger partial charge in [0.15, 0.2) is 5.82 Å². The predicted molar refractivity (Wildman–Crippen MR) is 85.0 cm³/mol. The molecule has 0 unspecified atom stereocenters. The highest BCUT2D eigenvalue weighted by atomic mass is 79.9. The van der Waals surface area contributed by atoms with Crippen molar-refractivity contribution in [3.05, 3.63) is 28.0 Å². The normalized spacial score (nSPS) is 16.1. The lowest BCUT2D eigenvalue weighted by atomic mass is 9.93. The number of rotatable bonds is 4. The molecule has 0 radical (unpaired) electrons. The van der Waals surface area contributed by atoms with Gasteiger partial charge in [0.25, 0.3) is 0 Å². The number of benzene rings is 1. The predicted octanol–water partition coefficient (Wildman–Crippen LogP) is 4.03. The number of anilines is 1. The van der Waals surface area contributed by atoms with Crippen molar-refractivity contribution in [3.63, 3.8) is 0 Å². The minimum absolute atomic E-state index is 0.122. The molecule has 0 saturated heterocycles. The van der Waals surface area contributed by atoms with E-state index in [1.54, 1.807) is 12.1 Å². The number of nitrogen functional groups attached to an aromatic ring is 1. The lowest BCUT2D eigenvalue weighted by Gasteiger charge is -2.35. The molecule has 1 fully saturated rings. The molecule has 0 aromatic heterocycles. The lowest BCUT2D eigenvalue weighted by molar-refractivity contribution is 0.414. The van der Waals surface area contributed by atoms with Crippen molar-refractivity contribution in [2.75, 3.05) is 11.4 Å². The number of nitrogens with two attached hydrogens (primary N) is 1. The maximum absolute atomic E-state index is 14.6. The molecule has 3 N–H and O–H groups in total. The van der Waals surface area contributed by atoms with Crippen LogP contribution in [0, 0.1) is 11.2 Å². The molecular formula is C15H21BrFN3. The highest BCUT2D eigenvalue weighted by Gasteiger charge is 2.24. The molecule has 1 saturated carbocycles. The Morgan fingerprint density at radius 1 is 1.40 bits per heavy atom. The summed E-state index contributed by atoms with van der Waals surface area (Å²) in [5.74, 6) is -0.437. The zero-order valence-corrected chi connectivity index (χ0v) is 13.3. The molecule has 20 heavy (non-hydrogen) atoms. The zero-order chi connectivity index (χ0) is 14.7. The SMILES string of the molecule is CCN(c1ccc(C(=N)N)c(Br)c1F)C1CCCCC1. The van der Waals surface area contributed by atoms with Gasteiger partial charge in [-0.05, 0) is 47.8 Å². The zero-order valence-electron chi connectivity index (χ0n) is 11.8. The molecule has 0 atom stereocenters. The first kappa shape index (κ1) is 15.3. The second-order valence-electron chi connectivity index (χ2n) is 5.25. The van der Waals surface area contributed by atoms with Crippen LogP contribution in [-0.2, 0) is 0 Å². The average molecular weight is 342 g/mol. The average Bonchev–Trinajstić information content (AvgIpc) is 2.45. The maximum atomic E-state index is 14.6. The largest absolute Gasteiger partial charge is 0.384 e. The summed E-state index contributed by atoms with van der Waals surface area (Å²) in [7, 11) is 0. The topological polar surface area (TPSA) is 53.1 Å². The Hall–Kier alpha value is -1.10. The van der Waals surface area contributed by atoms with Crippen LogP contribution in [0.15, 0.2) is 16.6 Å². The van der Waals surface area contributed by atoms with Crippen molar-refractivity contribution >= 4 is 27.5 Å². The number of hydrogen-bond acceptors (Lipinski definition) is 2. The van der Waals surface area contributed by atoms with Crippen molar-refractivity contribution in [1.29, 1.82) is 5.41 Å². The number of amidine groups is 1. The second kappa shape index (κ2) is 6.57. The van der Waals surface area contributed by atoms with Gasteiger partial charge in [-0.2, -0.15) is 0 Å². The molecular weight excluding hydrogens is 321 g/mol. The third kappa shape index (κ3) is 2.97. The fraction of sp³-hybridized carbons (Fsp3) is 0.533. The van der Waals surface area contributed by atoms with E-state index in [2.05, 4.69) is 27.8 Å². The summed E-state index contributed by atoms with van der Waals surface area (Å²) < 4.78 is 14.9. The Bertz CT molecular complexity index is 498. The summed E-state index contributed by atoms with van der Waals surface area (Å²) >= 11 is 3.23. The van der Waals surface area contributed by atoms with E-state index in [0.717, 1.165) is 19.4 Å². The van der Waals surface area contributed by atoms with E-state index in [1.807, 2.05) is 0 Å². The van der Waals surface area contributed by atoms with Gasteiger partial charge < -0.3 is 10.6 Å². The van der Waals surface area contributed by atoms with Gasteiger partial charge in [0.1, 0.15) is 5.84 Å². The molecule has 2 rings (SSSR count). The Morgan fingerprint density at radius 3 is 2.60 bits per heavy atom. The minimum Gasteiger partial charge on any atom is -0.384 e. The van der Waals surface area contributed by atoms with E-state index in [-0.39, 0.29) is 16.1 Å². The van der Waals surface area contributed by atoms with Crippen LogP contribution in [0.25, 0.3) is 0 Å². The summed E-state index contributed by atoms with van der Waals surface area (Å²) in [4.78, 5) is 2.14. The first-order valence-electron chi connectivity index (χ1n) is 7.15. The molecule has 110 valence electrons. The van der Waals surface area contributed by atoms with Gasteiger partial charge in [-0.15, -0.1) is 0 Å². The molecule has 3 nitrogen and oxygen atoms in total. The van der Waals surface area contributed by atoms with E-state index in [9.17, 15) is 4.39 Å². The van der Waals surface area contributed by atoms with Gasteiger partial charge in [0.05, 0.1) is 10.2 Å². The summed E-state index contributed by atoms with van der Waals surface area (Å²) in [6.07, 6.45) is 5.97. The van der Waals surface area contributed by atoms with Gasteiger partial charge in [-0.25, -0.2) is 4.39 Å². The van der Waals surface area contributed by atoms with E-state index in [1.165, 1.54) is 19.3 Å². The van der Waals surface area contributed by atoms with Crippen LogP contribution in [0.2, 0.25) is 0 Å². The van der Waals surface area contributed by atoms with E-state index >= 15 is 0 Å². The van der Waals surface area contributed by atoms with Gasteiger partial charge in [-0.1, -0.05) is 19.3 Å². The summed E-state index contributed by atoms with van der Waals surface area (Å²) in [5.41, 5.74) is 6.47.